The summed E-state index contributed by atoms with van der Waals surface area (Å²) in [6, 6.07) is 0.0204. The van der Waals surface area contributed by atoms with Gasteiger partial charge in [0.1, 0.15) is 6.61 Å². The Bertz CT molecular complexity index is 353. The van der Waals surface area contributed by atoms with E-state index in [2.05, 4.69) is 10.1 Å². The number of halogens is 3. The smallest absolute Gasteiger partial charge is 0.375 e. The fraction of sp³-hybridized carbons (Fsp3) is 0.769. The molecule has 20 heavy (non-hydrogen) atoms. The number of rotatable bonds is 5. The van der Waals surface area contributed by atoms with Gasteiger partial charge in [-0.05, 0) is 26.7 Å². The van der Waals surface area contributed by atoms with Crippen molar-refractivity contribution in [1.82, 2.24) is 5.32 Å². The third kappa shape index (κ3) is 7.49. The van der Waals surface area contributed by atoms with Crippen molar-refractivity contribution in [3.8, 4) is 0 Å². The molecule has 7 heteroatoms. The van der Waals surface area contributed by atoms with Crippen molar-refractivity contribution >= 4 is 5.91 Å². The zero-order valence-electron chi connectivity index (χ0n) is 11.6. The number of hydrogen-bond acceptors (Lipinski definition) is 3. The molecule has 1 aliphatic rings. The Hall–Kier alpha value is -1.08. The minimum absolute atomic E-state index is 0.0204. The summed E-state index contributed by atoms with van der Waals surface area (Å²) in [5.41, 5.74) is -0.268. The molecule has 1 atom stereocenters. The number of carbonyl (C=O) groups is 1. The molecule has 0 aromatic heterocycles. The highest BCUT2D eigenvalue weighted by Crippen LogP contribution is 2.23. The third-order valence-corrected chi connectivity index (χ3v) is 2.79. The minimum Gasteiger partial charge on any atom is -0.375 e. The van der Waals surface area contributed by atoms with Crippen LogP contribution in [0.2, 0.25) is 0 Å². The molecule has 1 fully saturated rings. The van der Waals surface area contributed by atoms with E-state index in [9.17, 15) is 18.0 Å². The number of nitrogens with one attached hydrogen (secondary N) is 1. The zero-order chi connectivity index (χ0) is 15.2. The molecule has 1 heterocycles. The number of carbonyl (C=O) groups excluding carboxylic acids is 1. The topological polar surface area (TPSA) is 47.6 Å². The van der Waals surface area contributed by atoms with Crippen LogP contribution in [-0.4, -0.2) is 43.5 Å². The van der Waals surface area contributed by atoms with Crippen molar-refractivity contribution in [2.45, 2.75) is 44.5 Å². The van der Waals surface area contributed by atoms with E-state index in [4.69, 9.17) is 4.74 Å². The summed E-state index contributed by atoms with van der Waals surface area (Å²) in [4.78, 5) is 11.6. The molecule has 1 rings (SSSR count). The summed E-state index contributed by atoms with van der Waals surface area (Å²) in [5, 5.41) is 2.80. The predicted molar refractivity (Wildman–Crippen MR) is 67.2 cm³/mol. The van der Waals surface area contributed by atoms with Gasteiger partial charge < -0.3 is 14.8 Å². The first-order valence-corrected chi connectivity index (χ1v) is 6.43. The molecule has 0 aliphatic carbocycles. The average Bonchev–Trinajstić information content (AvgIpc) is 2.25. The number of hydrogen-bond donors (Lipinski definition) is 1. The van der Waals surface area contributed by atoms with Crippen LogP contribution in [0.1, 0.15) is 26.7 Å². The monoisotopic (exact) mass is 295 g/mol. The summed E-state index contributed by atoms with van der Waals surface area (Å²) in [7, 11) is 0. The molecule has 0 spiro atoms. The summed E-state index contributed by atoms with van der Waals surface area (Å²) < 4.78 is 45.2. The molecule has 1 N–H and O–H groups in total. The molecular formula is C13H20F3NO3. The molecule has 116 valence electrons. The number of ether oxygens (including phenoxy) is 2. The van der Waals surface area contributed by atoms with Crippen molar-refractivity contribution in [3.05, 3.63) is 12.2 Å². The van der Waals surface area contributed by atoms with Crippen LogP contribution in [0, 0.1) is 0 Å². The van der Waals surface area contributed by atoms with Crippen LogP contribution in [0.5, 0.6) is 0 Å². The van der Waals surface area contributed by atoms with Gasteiger partial charge in [-0.2, -0.15) is 13.2 Å². The SMILES string of the molecule is CC1(C)CC(NC(=O)/C=C/COCC(F)(F)F)CCO1. The second-order valence-corrected chi connectivity index (χ2v) is 5.34. The van der Waals surface area contributed by atoms with E-state index < -0.39 is 12.8 Å². The Morgan fingerprint density at radius 2 is 2.20 bits per heavy atom. The van der Waals surface area contributed by atoms with Gasteiger partial charge in [0.2, 0.25) is 5.91 Å². The van der Waals surface area contributed by atoms with Gasteiger partial charge in [0.15, 0.2) is 0 Å². The summed E-state index contributed by atoms with van der Waals surface area (Å²) in [6.07, 6.45) is -0.446. The maximum atomic E-state index is 11.8. The molecule has 0 saturated carbocycles. The highest BCUT2D eigenvalue weighted by molar-refractivity contribution is 5.87. The standard InChI is InChI=1S/C13H20F3NO3/c1-12(2)8-10(5-7-20-12)17-11(18)4-3-6-19-9-13(14,15)16/h3-4,10H,5-9H2,1-2H3,(H,17,18)/b4-3+. The van der Waals surface area contributed by atoms with Crippen molar-refractivity contribution in [1.29, 1.82) is 0 Å². The van der Waals surface area contributed by atoms with Crippen molar-refractivity contribution in [2.75, 3.05) is 19.8 Å². The first-order chi connectivity index (χ1) is 9.18. The third-order valence-electron chi connectivity index (χ3n) is 2.79. The lowest BCUT2D eigenvalue weighted by molar-refractivity contribution is -0.171. The molecule has 0 bridgehead atoms. The number of alkyl halides is 3. The van der Waals surface area contributed by atoms with Gasteiger partial charge in [-0.3, -0.25) is 4.79 Å². The van der Waals surface area contributed by atoms with Crippen molar-refractivity contribution in [3.63, 3.8) is 0 Å². The highest BCUT2D eigenvalue weighted by Gasteiger charge is 2.29. The van der Waals surface area contributed by atoms with Gasteiger partial charge in [0, 0.05) is 18.7 Å². The Morgan fingerprint density at radius 1 is 1.50 bits per heavy atom. The first kappa shape index (κ1) is 17.0. The van der Waals surface area contributed by atoms with Crippen molar-refractivity contribution in [2.24, 2.45) is 0 Å². The number of amides is 1. The molecule has 1 aliphatic heterocycles. The molecule has 0 aromatic rings. The minimum atomic E-state index is -4.34. The Labute approximate surface area is 116 Å². The van der Waals surface area contributed by atoms with Gasteiger partial charge in [-0.1, -0.05) is 6.08 Å². The molecule has 1 unspecified atom stereocenters. The maximum Gasteiger partial charge on any atom is 0.411 e. The molecule has 0 aromatic carbocycles. The lowest BCUT2D eigenvalue weighted by atomic mass is 9.94. The quantitative estimate of drug-likeness (QED) is 0.625. The van der Waals surface area contributed by atoms with Gasteiger partial charge >= 0.3 is 6.18 Å². The van der Waals surface area contributed by atoms with Crippen LogP contribution in [0.15, 0.2) is 12.2 Å². The fourth-order valence-corrected chi connectivity index (χ4v) is 2.00. The van der Waals surface area contributed by atoms with Gasteiger partial charge in [-0.25, -0.2) is 0 Å². The molecule has 1 saturated heterocycles. The van der Waals surface area contributed by atoms with E-state index in [1.54, 1.807) is 0 Å². The van der Waals surface area contributed by atoms with E-state index in [0.717, 1.165) is 6.42 Å². The van der Waals surface area contributed by atoms with Crippen LogP contribution in [0.4, 0.5) is 13.2 Å². The Morgan fingerprint density at radius 3 is 2.80 bits per heavy atom. The molecule has 0 radical (unpaired) electrons. The molecule has 1 amide bonds. The second-order valence-electron chi connectivity index (χ2n) is 5.34. The summed E-state index contributed by atoms with van der Waals surface area (Å²) in [5.74, 6) is -0.330. The Balaban J connectivity index is 2.23. The van der Waals surface area contributed by atoms with Crippen LogP contribution in [-0.2, 0) is 14.3 Å². The molecular weight excluding hydrogens is 275 g/mol. The lowest BCUT2D eigenvalue weighted by Gasteiger charge is -2.35. The van der Waals surface area contributed by atoms with Crippen LogP contribution in [0.25, 0.3) is 0 Å². The highest BCUT2D eigenvalue weighted by atomic mass is 19.4. The van der Waals surface area contributed by atoms with Gasteiger partial charge in [-0.15, -0.1) is 0 Å². The molecule has 4 nitrogen and oxygen atoms in total. The summed E-state index contributed by atoms with van der Waals surface area (Å²) in [6.45, 7) is 2.92. The van der Waals surface area contributed by atoms with Gasteiger partial charge in [0.05, 0.1) is 12.2 Å². The lowest BCUT2D eigenvalue weighted by Crippen LogP contribution is -2.45. The average molecular weight is 295 g/mol. The van der Waals surface area contributed by atoms with Crippen LogP contribution < -0.4 is 5.32 Å². The largest absolute Gasteiger partial charge is 0.411 e. The van der Waals surface area contributed by atoms with E-state index in [0.29, 0.717) is 13.0 Å². The van der Waals surface area contributed by atoms with Crippen LogP contribution in [0.3, 0.4) is 0 Å². The van der Waals surface area contributed by atoms with Gasteiger partial charge in [0.25, 0.3) is 0 Å². The fourth-order valence-electron chi connectivity index (χ4n) is 2.00. The summed E-state index contributed by atoms with van der Waals surface area (Å²) >= 11 is 0. The zero-order valence-corrected chi connectivity index (χ0v) is 11.6. The second kappa shape index (κ2) is 7.08. The van der Waals surface area contributed by atoms with E-state index in [1.165, 1.54) is 12.2 Å². The van der Waals surface area contributed by atoms with E-state index >= 15 is 0 Å². The normalized spacial score (nSPS) is 22.9. The van der Waals surface area contributed by atoms with Crippen LogP contribution >= 0.6 is 0 Å². The maximum absolute atomic E-state index is 11.8. The first-order valence-electron chi connectivity index (χ1n) is 6.43. The van der Waals surface area contributed by atoms with Crippen molar-refractivity contribution < 1.29 is 27.4 Å². The Kier molecular flexibility index (Phi) is 6.01. The van der Waals surface area contributed by atoms with E-state index in [1.807, 2.05) is 13.8 Å². The predicted octanol–water partition coefficient (Wildman–Crippen LogP) is 2.20. The van der Waals surface area contributed by atoms with E-state index in [-0.39, 0.29) is 24.2 Å².